The van der Waals surface area contributed by atoms with Crippen molar-refractivity contribution in [1.29, 1.82) is 0 Å². The van der Waals surface area contributed by atoms with Crippen LogP contribution in [-0.2, 0) is 10.2 Å². The van der Waals surface area contributed by atoms with Gasteiger partial charge in [0.05, 0.1) is 7.11 Å². The molecule has 2 aromatic carbocycles. The van der Waals surface area contributed by atoms with Crippen molar-refractivity contribution < 1.29 is 19.1 Å². The van der Waals surface area contributed by atoms with Gasteiger partial charge in [-0.1, -0.05) is 65.2 Å². The highest BCUT2D eigenvalue weighted by atomic mass is 16.5. The van der Waals surface area contributed by atoms with Crippen LogP contribution >= 0.6 is 0 Å². The second kappa shape index (κ2) is 12.4. The van der Waals surface area contributed by atoms with Gasteiger partial charge in [0.2, 0.25) is 5.91 Å². The Morgan fingerprint density at radius 2 is 1.82 bits per heavy atom. The molecule has 0 spiro atoms. The third-order valence-electron chi connectivity index (χ3n) is 6.01. The predicted molar refractivity (Wildman–Crippen MR) is 137 cm³/mol. The van der Waals surface area contributed by atoms with Crippen LogP contribution < -0.4 is 15.4 Å². The molecule has 2 rings (SSSR count). The second-order valence-corrected chi connectivity index (χ2v) is 9.65. The molecule has 0 aliphatic heterocycles. The zero-order chi connectivity index (χ0) is 25.3. The first-order valence-corrected chi connectivity index (χ1v) is 11.9. The topological polar surface area (TPSA) is 84.5 Å². The Morgan fingerprint density at radius 1 is 1.09 bits per heavy atom. The van der Waals surface area contributed by atoms with E-state index in [9.17, 15) is 14.4 Å². The van der Waals surface area contributed by atoms with Gasteiger partial charge in [0.1, 0.15) is 12.0 Å². The molecule has 0 radical (unpaired) electrons. The number of carbonyl (C=O) groups is 3. The van der Waals surface area contributed by atoms with Gasteiger partial charge in [-0.05, 0) is 47.1 Å². The van der Waals surface area contributed by atoms with Crippen molar-refractivity contribution in [3.63, 3.8) is 0 Å². The Bertz CT molecular complexity index is 1010. The number of methoxy groups -OCH3 is 1. The largest absolute Gasteiger partial charge is 0.496 e. The van der Waals surface area contributed by atoms with Crippen molar-refractivity contribution in [1.82, 2.24) is 5.32 Å². The standard InChI is InChI=1S/C28H38N2O4/c1-7-8-9-10-20(22-13-11-19(18-31)15-25(22)34-6)17-26(32)30-24-16-21(27(33)29-5)12-14-23(24)28(2,3)4/h11-16,18,20H,7-10,17H2,1-6H3,(H,29,33)(H,30,32). The van der Waals surface area contributed by atoms with E-state index in [0.717, 1.165) is 43.1 Å². The fourth-order valence-electron chi connectivity index (χ4n) is 4.16. The third kappa shape index (κ3) is 7.17. The maximum Gasteiger partial charge on any atom is 0.251 e. The molecular formula is C28H38N2O4. The fraction of sp³-hybridized carbons (Fsp3) is 0.464. The van der Waals surface area contributed by atoms with E-state index >= 15 is 0 Å². The van der Waals surface area contributed by atoms with Crippen LogP contribution in [0.3, 0.4) is 0 Å². The molecule has 2 N–H and O–H groups in total. The summed E-state index contributed by atoms with van der Waals surface area (Å²) in [7, 11) is 3.17. The molecule has 0 fully saturated rings. The second-order valence-electron chi connectivity index (χ2n) is 9.65. The molecule has 0 bridgehead atoms. The number of rotatable bonds is 11. The van der Waals surface area contributed by atoms with E-state index < -0.39 is 0 Å². The van der Waals surface area contributed by atoms with Crippen LogP contribution in [0.1, 0.15) is 97.6 Å². The number of unbranched alkanes of at least 4 members (excludes halogenated alkanes) is 2. The fourth-order valence-corrected chi connectivity index (χ4v) is 4.16. The van der Waals surface area contributed by atoms with Gasteiger partial charge in [0.25, 0.3) is 5.91 Å². The Labute approximate surface area is 203 Å². The summed E-state index contributed by atoms with van der Waals surface area (Å²) in [4.78, 5) is 36.7. The summed E-state index contributed by atoms with van der Waals surface area (Å²) in [6.45, 7) is 8.37. The summed E-state index contributed by atoms with van der Waals surface area (Å²) in [5.74, 6) is 0.245. The molecule has 34 heavy (non-hydrogen) atoms. The predicted octanol–water partition coefficient (Wildman–Crippen LogP) is 5.86. The number of hydrogen-bond acceptors (Lipinski definition) is 4. The molecule has 0 saturated carbocycles. The van der Waals surface area contributed by atoms with E-state index in [4.69, 9.17) is 4.74 Å². The maximum atomic E-state index is 13.3. The molecule has 0 heterocycles. The smallest absolute Gasteiger partial charge is 0.251 e. The van der Waals surface area contributed by atoms with Crippen LogP contribution in [-0.4, -0.2) is 32.3 Å². The molecule has 2 aromatic rings. The van der Waals surface area contributed by atoms with Crippen molar-refractivity contribution in [3.05, 3.63) is 58.7 Å². The van der Waals surface area contributed by atoms with E-state index in [1.54, 1.807) is 38.4 Å². The van der Waals surface area contributed by atoms with Gasteiger partial charge in [0.15, 0.2) is 0 Å². The van der Waals surface area contributed by atoms with Gasteiger partial charge < -0.3 is 15.4 Å². The van der Waals surface area contributed by atoms with Crippen molar-refractivity contribution in [2.24, 2.45) is 0 Å². The van der Waals surface area contributed by atoms with Gasteiger partial charge in [0, 0.05) is 30.3 Å². The zero-order valence-corrected chi connectivity index (χ0v) is 21.3. The third-order valence-corrected chi connectivity index (χ3v) is 6.01. The average Bonchev–Trinajstić information content (AvgIpc) is 2.81. The Balaban J connectivity index is 2.36. The monoisotopic (exact) mass is 466 g/mol. The summed E-state index contributed by atoms with van der Waals surface area (Å²) in [5, 5.41) is 5.71. The Hall–Kier alpha value is -3.15. The summed E-state index contributed by atoms with van der Waals surface area (Å²) in [5.41, 5.74) is 3.36. The van der Waals surface area contributed by atoms with Crippen molar-refractivity contribution in [2.45, 2.75) is 71.1 Å². The molecule has 0 aliphatic rings. The average molecular weight is 467 g/mol. The first kappa shape index (κ1) is 27.1. The normalized spacial score (nSPS) is 12.1. The highest BCUT2D eigenvalue weighted by Crippen LogP contribution is 2.35. The minimum atomic E-state index is -0.210. The summed E-state index contributed by atoms with van der Waals surface area (Å²) >= 11 is 0. The Kier molecular flexibility index (Phi) is 9.84. The number of nitrogens with one attached hydrogen (secondary N) is 2. The number of hydrogen-bond donors (Lipinski definition) is 2. The number of amides is 2. The molecule has 6 nitrogen and oxygen atoms in total. The van der Waals surface area contributed by atoms with E-state index in [1.807, 2.05) is 12.1 Å². The van der Waals surface area contributed by atoms with Crippen LogP contribution in [0.25, 0.3) is 0 Å². The number of benzene rings is 2. The van der Waals surface area contributed by atoms with Gasteiger partial charge in [-0.25, -0.2) is 0 Å². The van der Waals surface area contributed by atoms with Crippen LogP contribution in [0.15, 0.2) is 36.4 Å². The lowest BCUT2D eigenvalue weighted by atomic mass is 9.84. The highest BCUT2D eigenvalue weighted by Gasteiger charge is 2.24. The lowest BCUT2D eigenvalue weighted by Crippen LogP contribution is -2.23. The van der Waals surface area contributed by atoms with E-state index in [2.05, 4.69) is 38.3 Å². The molecule has 0 aliphatic carbocycles. The first-order chi connectivity index (χ1) is 16.1. The van der Waals surface area contributed by atoms with Crippen LogP contribution in [0.5, 0.6) is 5.75 Å². The van der Waals surface area contributed by atoms with Gasteiger partial charge in [-0.15, -0.1) is 0 Å². The molecule has 2 amide bonds. The molecule has 1 atom stereocenters. The van der Waals surface area contributed by atoms with Crippen molar-refractivity contribution in [2.75, 3.05) is 19.5 Å². The molecule has 184 valence electrons. The van der Waals surface area contributed by atoms with Crippen molar-refractivity contribution in [3.8, 4) is 5.75 Å². The van der Waals surface area contributed by atoms with Gasteiger partial charge >= 0.3 is 0 Å². The summed E-state index contributed by atoms with van der Waals surface area (Å²) < 4.78 is 5.56. The highest BCUT2D eigenvalue weighted by molar-refractivity contribution is 5.98. The van der Waals surface area contributed by atoms with Crippen molar-refractivity contribution >= 4 is 23.8 Å². The SMILES string of the molecule is CCCCCC(CC(=O)Nc1cc(C(=O)NC)ccc1C(C)(C)C)c1ccc(C=O)cc1OC. The lowest BCUT2D eigenvalue weighted by Gasteiger charge is -2.25. The minimum absolute atomic E-state index is 0.0533. The lowest BCUT2D eigenvalue weighted by molar-refractivity contribution is -0.116. The Morgan fingerprint density at radius 3 is 2.41 bits per heavy atom. The molecule has 0 aromatic heterocycles. The molecule has 0 saturated heterocycles. The zero-order valence-electron chi connectivity index (χ0n) is 21.3. The molecular weight excluding hydrogens is 428 g/mol. The van der Waals surface area contributed by atoms with E-state index in [1.165, 1.54) is 0 Å². The maximum absolute atomic E-state index is 13.3. The number of ether oxygens (including phenoxy) is 1. The molecule has 1 unspecified atom stereocenters. The van der Waals surface area contributed by atoms with Crippen LogP contribution in [0, 0.1) is 0 Å². The quantitative estimate of drug-likeness (QED) is 0.321. The van der Waals surface area contributed by atoms with Crippen LogP contribution in [0.4, 0.5) is 5.69 Å². The summed E-state index contributed by atoms with van der Waals surface area (Å²) in [6.07, 6.45) is 5.05. The van der Waals surface area contributed by atoms with E-state index in [-0.39, 0.29) is 29.6 Å². The van der Waals surface area contributed by atoms with Gasteiger partial charge in [-0.3, -0.25) is 14.4 Å². The number of anilines is 1. The number of carbonyl (C=O) groups excluding carboxylic acids is 3. The van der Waals surface area contributed by atoms with Crippen LogP contribution in [0.2, 0.25) is 0 Å². The summed E-state index contributed by atoms with van der Waals surface area (Å²) in [6, 6.07) is 10.8. The van der Waals surface area contributed by atoms with E-state index in [0.29, 0.717) is 22.6 Å². The van der Waals surface area contributed by atoms with Gasteiger partial charge in [-0.2, -0.15) is 0 Å². The molecule has 6 heteroatoms. The first-order valence-electron chi connectivity index (χ1n) is 11.9. The number of aldehydes is 1. The minimum Gasteiger partial charge on any atom is -0.496 e.